The molecule has 3 atom stereocenters. The van der Waals surface area contributed by atoms with Crippen molar-refractivity contribution in [2.24, 2.45) is 5.41 Å². The van der Waals surface area contributed by atoms with Gasteiger partial charge in [0.15, 0.2) is 0 Å². The van der Waals surface area contributed by atoms with Crippen LogP contribution >= 0.6 is 0 Å². The van der Waals surface area contributed by atoms with Gasteiger partial charge in [0.05, 0.1) is 24.8 Å². The van der Waals surface area contributed by atoms with E-state index in [2.05, 4.69) is 70.9 Å². The lowest BCUT2D eigenvalue weighted by atomic mass is 9.69. The van der Waals surface area contributed by atoms with Gasteiger partial charge in [0.2, 0.25) is 17.7 Å². The van der Waals surface area contributed by atoms with Crippen molar-refractivity contribution >= 4 is 35.2 Å². The van der Waals surface area contributed by atoms with E-state index in [1.165, 1.54) is 35.1 Å². The number of fused-ring (bicyclic) bond motifs is 3. The van der Waals surface area contributed by atoms with Crippen LogP contribution in [0.1, 0.15) is 111 Å². The van der Waals surface area contributed by atoms with Crippen molar-refractivity contribution in [1.29, 1.82) is 0 Å². The molecule has 0 bridgehead atoms. The Morgan fingerprint density at radius 1 is 0.803 bits per heavy atom. The Labute approximate surface area is 355 Å². The molecule has 4 aromatic rings. The largest absolute Gasteiger partial charge is 0.508 e. The second-order valence-electron chi connectivity index (χ2n) is 17.9. The van der Waals surface area contributed by atoms with Crippen LogP contribution in [0.3, 0.4) is 0 Å². The quantitative estimate of drug-likeness (QED) is 0.219. The van der Waals surface area contributed by atoms with Crippen LogP contribution in [0.15, 0.2) is 78.9 Å². The third kappa shape index (κ3) is 6.94. The summed E-state index contributed by atoms with van der Waals surface area (Å²) in [6, 6.07) is 26.6. The molecule has 1 spiro atoms. The van der Waals surface area contributed by atoms with Crippen LogP contribution < -0.4 is 15.0 Å². The number of phenolic OH excluding ortho intramolecular Hbond substituents is 1. The molecule has 0 saturated carbocycles. The number of piperidine rings is 3. The standard InChI is InChI=1S/C49H51N5O7/c1-61-45-39-28-51(27-33(39)26-38-44(45)48(60)54(47(38)59)40-15-16-41(56)50-46(40)58)29-42(57)53-23-19-49(20-24-53)17-21-52(22-18-49)34-10-7-31(8-11-34)43-36(30-5-3-2-4-6-30)13-9-32-25-35(55)12-14-37(32)43/h2-8,10-12,14,25-26,36,40,43,55H,9,13,15-24,27-29H2,1H3,(H,50,56,58)/t36-,40?,43+/m1/s1. The van der Waals surface area contributed by atoms with Gasteiger partial charge >= 0.3 is 0 Å². The van der Waals surface area contributed by atoms with Crippen LogP contribution in [0.4, 0.5) is 5.69 Å². The number of aryl methyl sites for hydroxylation is 1. The van der Waals surface area contributed by atoms with Crippen molar-refractivity contribution < 1.29 is 33.8 Å². The molecule has 1 unspecified atom stereocenters. The number of aromatic hydroxyl groups is 1. The highest BCUT2D eigenvalue weighted by Gasteiger charge is 2.48. The Morgan fingerprint density at radius 3 is 2.26 bits per heavy atom. The van der Waals surface area contributed by atoms with E-state index in [9.17, 15) is 29.1 Å². The SMILES string of the molecule is COc1c2c(cc3c1C(=O)N(C1CCC(=O)NC1=O)C3=O)CN(CC(=O)N1CCC3(CC1)CCN(c1ccc([C@@H]4c5ccc(O)cc5CC[C@@H]4c4ccccc4)cc1)CC3)C2. The minimum absolute atomic E-state index is 0.0503. The lowest BCUT2D eigenvalue weighted by Crippen LogP contribution is -2.54. The summed E-state index contributed by atoms with van der Waals surface area (Å²) in [5.74, 6) is -0.937. The summed E-state index contributed by atoms with van der Waals surface area (Å²) in [7, 11) is 1.46. The number of nitrogens with zero attached hydrogens (tertiary/aromatic N) is 4. The molecule has 1 aliphatic carbocycles. The van der Waals surface area contributed by atoms with Gasteiger partial charge < -0.3 is 19.6 Å². The summed E-state index contributed by atoms with van der Waals surface area (Å²) in [5.41, 5.74) is 8.61. The normalized spacial score (nSPS) is 23.5. The van der Waals surface area contributed by atoms with Crippen LogP contribution in [0, 0.1) is 5.41 Å². The summed E-state index contributed by atoms with van der Waals surface area (Å²) in [6.07, 6.45) is 6.28. The van der Waals surface area contributed by atoms with Crippen LogP contribution in [-0.4, -0.2) is 95.2 Å². The topological polar surface area (TPSA) is 140 Å². The van der Waals surface area contributed by atoms with E-state index in [-0.39, 0.29) is 47.8 Å². The van der Waals surface area contributed by atoms with Gasteiger partial charge in [-0.2, -0.15) is 0 Å². The number of nitrogens with one attached hydrogen (secondary N) is 1. The number of carbonyl (C=O) groups is 5. The highest BCUT2D eigenvalue weighted by molar-refractivity contribution is 6.25. The highest BCUT2D eigenvalue weighted by atomic mass is 16.5. The van der Waals surface area contributed by atoms with Crippen LogP contribution in [-0.2, 0) is 33.9 Å². The molecule has 4 aromatic carbocycles. The Morgan fingerprint density at radius 2 is 1.54 bits per heavy atom. The summed E-state index contributed by atoms with van der Waals surface area (Å²) >= 11 is 0. The summed E-state index contributed by atoms with van der Waals surface area (Å²) < 4.78 is 5.74. The molecule has 0 radical (unpaired) electrons. The number of phenols is 1. The van der Waals surface area contributed by atoms with E-state index >= 15 is 0 Å². The molecule has 2 N–H and O–H groups in total. The van der Waals surface area contributed by atoms with Gasteiger partial charge in [0, 0.05) is 62.9 Å². The molecule has 5 heterocycles. The first-order valence-electron chi connectivity index (χ1n) is 21.8. The maximum atomic E-state index is 13.7. The van der Waals surface area contributed by atoms with Crippen molar-refractivity contribution in [3.63, 3.8) is 0 Å². The number of carbonyl (C=O) groups excluding carboxylic acids is 5. The lowest BCUT2D eigenvalue weighted by Gasteiger charge is -2.47. The average Bonchev–Trinajstić information content (AvgIpc) is 3.79. The van der Waals surface area contributed by atoms with Crippen molar-refractivity contribution in [3.05, 3.63) is 123 Å². The highest BCUT2D eigenvalue weighted by Crippen LogP contribution is 2.48. The maximum Gasteiger partial charge on any atom is 0.266 e. The van der Waals surface area contributed by atoms with E-state index < -0.39 is 29.7 Å². The molecular formula is C49H51N5O7. The van der Waals surface area contributed by atoms with E-state index in [1.54, 1.807) is 6.07 Å². The van der Waals surface area contributed by atoms with Gasteiger partial charge in [-0.1, -0.05) is 48.5 Å². The van der Waals surface area contributed by atoms with Gasteiger partial charge in [-0.05, 0) is 114 Å². The first kappa shape index (κ1) is 39.1. The van der Waals surface area contributed by atoms with Crippen molar-refractivity contribution in [2.75, 3.05) is 44.7 Å². The van der Waals surface area contributed by atoms with Crippen LogP contribution in [0.2, 0.25) is 0 Å². The van der Waals surface area contributed by atoms with Crippen molar-refractivity contribution in [2.45, 2.75) is 82.3 Å². The molecule has 12 heteroatoms. The number of amides is 5. The maximum absolute atomic E-state index is 13.7. The Balaban J connectivity index is 0.746. The van der Waals surface area contributed by atoms with E-state index in [0.29, 0.717) is 30.5 Å². The predicted octanol–water partition coefficient (Wildman–Crippen LogP) is 5.89. The van der Waals surface area contributed by atoms with Gasteiger partial charge in [0.25, 0.3) is 11.8 Å². The minimum Gasteiger partial charge on any atom is -0.508 e. The Kier molecular flexibility index (Phi) is 9.93. The molecule has 5 amide bonds. The number of hydrogen-bond acceptors (Lipinski definition) is 9. The second-order valence-corrected chi connectivity index (χ2v) is 17.9. The number of anilines is 1. The number of methoxy groups -OCH3 is 1. The number of ether oxygens (including phenoxy) is 1. The van der Waals surface area contributed by atoms with Gasteiger partial charge in [-0.15, -0.1) is 0 Å². The summed E-state index contributed by atoms with van der Waals surface area (Å²) in [4.78, 5) is 72.7. The summed E-state index contributed by atoms with van der Waals surface area (Å²) in [5, 5.41) is 12.5. The molecule has 0 aromatic heterocycles. The molecule has 3 saturated heterocycles. The van der Waals surface area contributed by atoms with Gasteiger partial charge in [-0.3, -0.25) is 39.1 Å². The molecule has 61 heavy (non-hydrogen) atoms. The smallest absolute Gasteiger partial charge is 0.266 e. The van der Waals surface area contributed by atoms with E-state index in [0.717, 1.165) is 80.7 Å². The fraction of sp³-hybridized carbons (Fsp3) is 0.408. The number of imide groups is 2. The fourth-order valence-electron chi connectivity index (χ4n) is 11.3. The molecule has 12 nitrogen and oxygen atoms in total. The number of benzene rings is 4. The molecule has 6 aliphatic rings. The first-order chi connectivity index (χ1) is 29.6. The Bertz CT molecular complexity index is 2430. The Hall–Kier alpha value is -6.01. The zero-order chi connectivity index (χ0) is 42.0. The van der Waals surface area contributed by atoms with E-state index in [4.69, 9.17) is 4.74 Å². The average molecular weight is 822 g/mol. The fourth-order valence-corrected chi connectivity index (χ4v) is 11.3. The third-order valence-electron chi connectivity index (χ3n) is 14.7. The van der Waals surface area contributed by atoms with Crippen molar-refractivity contribution in [3.8, 4) is 11.5 Å². The lowest BCUT2D eigenvalue weighted by molar-refractivity contribution is -0.137. The summed E-state index contributed by atoms with van der Waals surface area (Å²) in [6.45, 7) is 4.50. The van der Waals surface area contributed by atoms with Gasteiger partial charge in [0.1, 0.15) is 17.5 Å². The molecule has 10 rings (SSSR count). The third-order valence-corrected chi connectivity index (χ3v) is 14.7. The number of rotatable bonds is 7. The van der Waals surface area contributed by atoms with Gasteiger partial charge in [-0.25, -0.2) is 0 Å². The van der Waals surface area contributed by atoms with Crippen LogP contribution in [0.25, 0.3) is 0 Å². The zero-order valence-corrected chi connectivity index (χ0v) is 34.5. The molecule has 3 fully saturated rings. The van der Waals surface area contributed by atoms with Crippen molar-refractivity contribution in [1.82, 2.24) is 20.0 Å². The zero-order valence-electron chi connectivity index (χ0n) is 34.5. The van der Waals surface area contributed by atoms with Crippen LogP contribution in [0.5, 0.6) is 11.5 Å². The van der Waals surface area contributed by atoms with E-state index in [1.807, 2.05) is 21.9 Å². The first-order valence-corrected chi connectivity index (χ1v) is 21.8. The molecule has 5 aliphatic heterocycles. The predicted molar refractivity (Wildman–Crippen MR) is 227 cm³/mol. The number of hydrogen-bond donors (Lipinski definition) is 2. The molecule has 314 valence electrons. The number of likely N-dealkylation sites (tertiary alicyclic amines) is 1. The second kappa shape index (κ2) is 15.5. The monoisotopic (exact) mass is 821 g/mol. The minimum atomic E-state index is -1.05. The molecular weight excluding hydrogens is 771 g/mol.